The van der Waals surface area contributed by atoms with Crippen LogP contribution >= 0.6 is 23.1 Å². The van der Waals surface area contributed by atoms with Gasteiger partial charge in [-0.05, 0) is 43.7 Å². The van der Waals surface area contributed by atoms with Crippen LogP contribution in [0.3, 0.4) is 0 Å². The Bertz CT molecular complexity index is 922. The summed E-state index contributed by atoms with van der Waals surface area (Å²) in [7, 11) is 0. The molecule has 0 radical (unpaired) electrons. The molecule has 2 heterocycles. The highest BCUT2D eigenvalue weighted by Gasteiger charge is 2.19. The lowest BCUT2D eigenvalue weighted by atomic mass is 10.3. The third-order valence-electron chi connectivity index (χ3n) is 3.63. The summed E-state index contributed by atoms with van der Waals surface area (Å²) in [6.07, 6.45) is 2.12. The quantitative estimate of drug-likeness (QED) is 0.555. The average molecular weight is 402 g/mol. The fourth-order valence-electron chi connectivity index (χ4n) is 2.33. The number of furan rings is 1. The van der Waals surface area contributed by atoms with Crippen LogP contribution in [0.25, 0.3) is 0 Å². The molecule has 0 fully saturated rings. The molecule has 2 amide bonds. The van der Waals surface area contributed by atoms with Crippen molar-refractivity contribution < 1.29 is 14.0 Å². The van der Waals surface area contributed by atoms with Gasteiger partial charge in [-0.15, -0.1) is 23.1 Å². The smallest absolute Gasteiger partial charge is 0.291 e. The van der Waals surface area contributed by atoms with E-state index < -0.39 is 0 Å². The van der Waals surface area contributed by atoms with Crippen molar-refractivity contribution in [2.45, 2.75) is 30.4 Å². The van der Waals surface area contributed by atoms with Crippen molar-refractivity contribution in [3.63, 3.8) is 0 Å². The number of hydrogen-bond acceptors (Lipinski definition) is 6. The molecule has 0 aliphatic carbocycles. The van der Waals surface area contributed by atoms with Crippen LogP contribution in [0.5, 0.6) is 0 Å². The topological polar surface area (TPSA) is 84.2 Å². The summed E-state index contributed by atoms with van der Waals surface area (Å²) in [6, 6.07) is 10.7. The van der Waals surface area contributed by atoms with Gasteiger partial charge in [-0.1, -0.05) is 13.0 Å². The number of rotatable bonds is 7. The van der Waals surface area contributed by atoms with Crippen LogP contribution in [0.15, 0.2) is 57.4 Å². The molecular weight excluding hydrogens is 382 g/mol. The Balaban J connectivity index is 1.64. The molecule has 3 aromatic rings. The average Bonchev–Trinajstić information content (AvgIpc) is 3.32. The van der Waals surface area contributed by atoms with E-state index in [2.05, 4.69) is 15.6 Å². The van der Waals surface area contributed by atoms with Gasteiger partial charge in [0.1, 0.15) is 0 Å². The SMILES string of the molecule is CCC(Sc1cccc(NC(=O)c2ccco2)c1)C(=O)Nc1nc(C)cs1. The molecule has 0 aliphatic rings. The van der Waals surface area contributed by atoms with Crippen LogP contribution in [0.2, 0.25) is 0 Å². The molecule has 0 spiro atoms. The summed E-state index contributed by atoms with van der Waals surface area (Å²) in [5.74, 6) is -0.148. The third-order valence-corrected chi connectivity index (χ3v) is 5.86. The van der Waals surface area contributed by atoms with Gasteiger partial charge in [-0.25, -0.2) is 4.98 Å². The lowest BCUT2D eigenvalue weighted by Crippen LogP contribution is -2.24. The standard InChI is InChI=1S/C19H19N3O3S2/c1-3-16(18(24)22-19-20-12(2)11-26-19)27-14-7-4-6-13(10-14)21-17(23)15-8-5-9-25-15/h4-11,16H,3H2,1-2H3,(H,21,23)(H,20,22,24). The van der Waals surface area contributed by atoms with Crippen LogP contribution in [0, 0.1) is 6.92 Å². The number of nitrogens with zero attached hydrogens (tertiary/aromatic N) is 1. The zero-order valence-corrected chi connectivity index (χ0v) is 16.5. The van der Waals surface area contributed by atoms with Crippen molar-refractivity contribution in [3.8, 4) is 0 Å². The highest BCUT2D eigenvalue weighted by atomic mass is 32.2. The van der Waals surface area contributed by atoms with Crippen LogP contribution in [0.4, 0.5) is 10.8 Å². The fraction of sp³-hybridized carbons (Fsp3) is 0.211. The molecule has 0 bridgehead atoms. The van der Waals surface area contributed by atoms with E-state index >= 15 is 0 Å². The van der Waals surface area contributed by atoms with E-state index in [0.717, 1.165) is 10.6 Å². The Hall–Kier alpha value is -2.58. The van der Waals surface area contributed by atoms with E-state index in [4.69, 9.17) is 4.42 Å². The summed E-state index contributed by atoms with van der Waals surface area (Å²) < 4.78 is 5.09. The first-order valence-electron chi connectivity index (χ1n) is 8.39. The monoisotopic (exact) mass is 401 g/mol. The van der Waals surface area contributed by atoms with Crippen molar-refractivity contribution in [2.24, 2.45) is 0 Å². The van der Waals surface area contributed by atoms with Crippen LogP contribution < -0.4 is 10.6 Å². The minimum Gasteiger partial charge on any atom is -0.459 e. The largest absolute Gasteiger partial charge is 0.459 e. The number of nitrogens with one attached hydrogen (secondary N) is 2. The minimum atomic E-state index is -0.314. The first-order valence-corrected chi connectivity index (χ1v) is 10.2. The predicted molar refractivity (Wildman–Crippen MR) is 109 cm³/mol. The number of aromatic nitrogens is 1. The number of carbonyl (C=O) groups excluding carboxylic acids is 2. The molecule has 2 N–H and O–H groups in total. The predicted octanol–water partition coefficient (Wildman–Crippen LogP) is 4.81. The van der Waals surface area contributed by atoms with Crippen molar-refractivity contribution in [1.29, 1.82) is 0 Å². The summed E-state index contributed by atoms with van der Waals surface area (Å²) in [5.41, 5.74) is 1.53. The van der Waals surface area contributed by atoms with Gasteiger partial charge in [-0.3, -0.25) is 9.59 Å². The number of amides is 2. The number of thioether (sulfide) groups is 1. The highest BCUT2D eigenvalue weighted by Crippen LogP contribution is 2.29. The van der Waals surface area contributed by atoms with E-state index in [1.807, 2.05) is 37.4 Å². The third kappa shape index (κ3) is 5.21. The Morgan fingerprint density at radius 1 is 1.26 bits per heavy atom. The molecule has 140 valence electrons. The molecule has 1 aromatic carbocycles. The van der Waals surface area contributed by atoms with E-state index in [9.17, 15) is 9.59 Å². The van der Waals surface area contributed by atoms with Crippen LogP contribution in [-0.2, 0) is 4.79 Å². The molecule has 1 atom stereocenters. The second-order valence-electron chi connectivity index (χ2n) is 5.76. The van der Waals surface area contributed by atoms with Gasteiger partial charge in [0.2, 0.25) is 5.91 Å². The molecule has 0 aliphatic heterocycles. The number of carbonyl (C=O) groups is 2. The first kappa shape index (κ1) is 19.2. The lowest BCUT2D eigenvalue weighted by Gasteiger charge is -2.14. The Morgan fingerprint density at radius 2 is 2.11 bits per heavy atom. The van der Waals surface area contributed by atoms with E-state index in [1.54, 1.807) is 18.2 Å². The van der Waals surface area contributed by atoms with Gasteiger partial charge in [0.25, 0.3) is 5.91 Å². The second-order valence-corrected chi connectivity index (χ2v) is 7.89. The first-order chi connectivity index (χ1) is 13.0. The normalized spacial score (nSPS) is 11.8. The van der Waals surface area contributed by atoms with E-state index in [0.29, 0.717) is 17.2 Å². The van der Waals surface area contributed by atoms with Crippen molar-refractivity contribution in [1.82, 2.24) is 4.98 Å². The molecule has 8 heteroatoms. The number of aryl methyl sites for hydroxylation is 1. The number of thiazole rings is 1. The van der Waals surface area contributed by atoms with Crippen molar-refractivity contribution >= 4 is 45.7 Å². The van der Waals surface area contributed by atoms with Gasteiger partial charge >= 0.3 is 0 Å². The zero-order valence-electron chi connectivity index (χ0n) is 14.9. The number of benzene rings is 1. The maximum absolute atomic E-state index is 12.5. The molecule has 0 saturated carbocycles. The Kier molecular flexibility index (Phi) is 6.31. The van der Waals surface area contributed by atoms with Gasteiger partial charge < -0.3 is 15.1 Å². The molecule has 27 heavy (non-hydrogen) atoms. The molecule has 0 saturated heterocycles. The Morgan fingerprint density at radius 3 is 2.78 bits per heavy atom. The van der Waals surface area contributed by atoms with Crippen LogP contribution in [-0.4, -0.2) is 22.0 Å². The van der Waals surface area contributed by atoms with Crippen molar-refractivity contribution in [2.75, 3.05) is 10.6 Å². The summed E-state index contributed by atoms with van der Waals surface area (Å²) in [6.45, 7) is 3.85. The van der Waals surface area contributed by atoms with Gasteiger partial charge in [0.05, 0.1) is 17.2 Å². The molecule has 6 nitrogen and oxygen atoms in total. The summed E-state index contributed by atoms with van der Waals surface area (Å²) in [5, 5.41) is 7.90. The number of hydrogen-bond donors (Lipinski definition) is 2. The maximum Gasteiger partial charge on any atom is 0.291 e. The lowest BCUT2D eigenvalue weighted by molar-refractivity contribution is -0.115. The minimum absolute atomic E-state index is 0.0816. The summed E-state index contributed by atoms with van der Waals surface area (Å²) >= 11 is 2.86. The highest BCUT2D eigenvalue weighted by molar-refractivity contribution is 8.00. The van der Waals surface area contributed by atoms with E-state index in [-0.39, 0.29) is 22.8 Å². The fourth-order valence-corrected chi connectivity index (χ4v) is 4.04. The molecule has 1 unspecified atom stereocenters. The van der Waals surface area contributed by atoms with Gasteiger partial charge in [0, 0.05) is 16.0 Å². The van der Waals surface area contributed by atoms with Gasteiger partial charge in [0.15, 0.2) is 10.9 Å². The van der Waals surface area contributed by atoms with Gasteiger partial charge in [-0.2, -0.15) is 0 Å². The van der Waals surface area contributed by atoms with E-state index in [1.165, 1.54) is 29.4 Å². The number of anilines is 2. The summed E-state index contributed by atoms with van der Waals surface area (Å²) in [4.78, 5) is 29.8. The second kappa shape index (κ2) is 8.88. The van der Waals surface area contributed by atoms with Crippen LogP contribution in [0.1, 0.15) is 29.6 Å². The molecule has 3 rings (SSSR count). The zero-order chi connectivity index (χ0) is 19.2. The molecular formula is C19H19N3O3S2. The Labute approximate surface area is 165 Å². The maximum atomic E-state index is 12.5. The van der Waals surface area contributed by atoms with Crippen molar-refractivity contribution in [3.05, 3.63) is 59.5 Å². The molecule has 2 aromatic heterocycles.